The van der Waals surface area contributed by atoms with Gasteiger partial charge in [0.05, 0.1) is 44.2 Å². The summed E-state index contributed by atoms with van der Waals surface area (Å²) >= 11 is 0. The normalized spacial score (nSPS) is 15.8. The van der Waals surface area contributed by atoms with Crippen LogP contribution in [-0.4, -0.2) is 46.6 Å². The number of hydrogen-bond donors (Lipinski definition) is 0. The molecule has 1 aliphatic heterocycles. The molecule has 2 aromatic carbocycles. The number of aryl methyl sites for hydroxylation is 1. The quantitative estimate of drug-likeness (QED) is 0.435. The molecule has 0 amide bonds. The van der Waals surface area contributed by atoms with Crippen LogP contribution in [0.25, 0.3) is 11.0 Å². The monoisotopic (exact) mass is 463 g/mol. The third-order valence-corrected chi connectivity index (χ3v) is 6.48. The van der Waals surface area contributed by atoms with Crippen LogP contribution in [0, 0.1) is 12.7 Å². The summed E-state index contributed by atoms with van der Waals surface area (Å²) in [6.45, 7) is 3.28. The van der Waals surface area contributed by atoms with Gasteiger partial charge in [-0.1, -0.05) is 18.2 Å². The van der Waals surface area contributed by atoms with Crippen LogP contribution in [0.2, 0.25) is 0 Å². The van der Waals surface area contributed by atoms with Gasteiger partial charge in [-0.15, -0.1) is 5.10 Å². The molecule has 0 unspecified atom stereocenters. The first kappa shape index (κ1) is 21.9. The Morgan fingerprint density at radius 1 is 1.09 bits per heavy atom. The zero-order valence-corrected chi connectivity index (χ0v) is 19.4. The highest BCUT2D eigenvalue weighted by atomic mass is 19.1. The molecule has 3 heterocycles. The van der Waals surface area contributed by atoms with Gasteiger partial charge < -0.3 is 14.4 Å². The summed E-state index contributed by atoms with van der Waals surface area (Å²) in [5.74, 6) is 0.905. The molecule has 8 nitrogen and oxygen atoms in total. The van der Waals surface area contributed by atoms with E-state index in [0.29, 0.717) is 41.5 Å². The molecule has 1 aliphatic rings. The van der Waals surface area contributed by atoms with Crippen molar-refractivity contribution in [1.29, 1.82) is 0 Å². The standard InChI is InChI=1S/C25H26FN5O3/c1-16-6-4-7-18(26)23(16)29-13-11-17(14-29)31-20-8-5-9-22(34-3)24(20)30(25(31)32)15-19-21(33-2)10-12-27-28-19/h4-10,12,17H,11,13-15H2,1-3H3/t17-/m1/s1. The number of halogens is 1. The number of hydrogen-bond acceptors (Lipinski definition) is 6. The summed E-state index contributed by atoms with van der Waals surface area (Å²) in [6, 6.07) is 12.3. The largest absolute Gasteiger partial charge is 0.495 e. The lowest BCUT2D eigenvalue weighted by Gasteiger charge is -2.21. The van der Waals surface area contributed by atoms with Crippen molar-refractivity contribution in [3.05, 3.63) is 76.2 Å². The second kappa shape index (κ2) is 8.81. The van der Waals surface area contributed by atoms with E-state index in [9.17, 15) is 9.18 Å². The molecule has 1 fully saturated rings. The highest BCUT2D eigenvalue weighted by molar-refractivity contribution is 5.83. The van der Waals surface area contributed by atoms with Crippen molar-refractivity contribution in [1.82, 2.24) is 19.3 Å². The van der Waals surface area contributed by atoms with Crippen molar-refractivity contribution in [3.63, 3.8) is 0 Å². The first-order valence-corrected chi connectivity index (χ1v) is 11.2. The third-order valence-electron chi connectivity index (χ3n) is 6.48. The summed E-state index contributed by atoms with van der Waals surface area (Å²) in [5.41, 5.74) is 3.31. The Morgan fingerprint density at radius 3 is 2.65 bits per heavy atom. The Hall–Kier alpha value is -3.88. The van der Waals surface area contributed by atoms with Crippen LogP contribution in [0.4, 0.5) is 10.1 Å². The number of ether oxygens (including phenoxy) is 2. The van der Waals surface area contributed by atoms with Gasteiger partial charge in [0.1, 0.15) is 28.5 Å². The van der Waals surface area contributed by atoms with Gasteiger partial charge in [0.15, 0.2) is 0 Å². The lowest BCUT2D eigenvalue weighted by Crippen LogP contribution is -2.30. The first-order chi connectivity index (χ1) is 16.5. The number of para-hydroxylation sites is 2. The number of rotatable bonds is 6. The van der Waals surface area contributed by atoms with Gasteiger partial charge in [-0.25, -0.2) is 9.18 Å². The summed E-state index contributed by atoms with van der Waals surface area (Å²) in [4.78, 5) is 15.8. The van der Waals surface area contributed by atoms with E-state index in [1.807, 2.05) is 36.1 Å². The fraction of sp³-hybridized carbons (Fsp3) is 0.320. The molecular weight excluding hydrogens is 437 g/mol. The van der Waals surface area contributed by atoms with E-state index in [-0.39, 0.29) is 24.1 Å². The summed E-state index contributed by atoms with van der Waals surface area (Å²) < 4.78 is 29.1. The molecule has 9 heteroatoms. The molecule has 0 spiro atoms. The summed E-state index contributed by atoms with van der Waals surface area (Å²) in [6.07, 6.45) is 2.27. The highest BCUT2D eigenvalue weighted by Crippen LogP contribution is 2.34. The van der Waals surface area contributed by atoms with Gasteiger partial charge >= 0.3 is 5.69 Å². The SMILES string of the molecule is COc1ccnnc1Cn1c(=O)n([C@@H]2CCN(c3c(C)cccc3F)C2)c2cccc(OC)c21. The van der Waals surface area contributed by atoms with Crippen LogP contribution in [0.5, 0.6) is 11.5 Å². The Morgan fingerprint density at radius 2 is 1.88 bits per heavy atom. The Kier molecular flexibility index (Phi) is 5.69. The fourth-order valence-electron chi connectivity index (χ4n) is 4.94. The Bertz CT molecular complexity index is 1390. The summed E-state index contributed by atoms with van der Waals surface area (Å²) in [7, 11) is 3.15. The maximum atomic E-state index is 14.6. The minimum absolute atomic E-state index is 0.119. The molecule has 2 aromatic heterocycles. The number of benzene rings is 2. The number of fused-ring (bicyclic) bond motifs is 1. The Balaban J connectivity index is 1.60. The molecule has 1 atom stereocenters. The number of aromatic nitrogens is 4. The number of anilines is 1. The molecule has 4 aromatic rings. The lowest BCUT2D eigenvalue weighted by molar-refractivity contribution is 0.402. The van der Waals surface area contributed by atoms with Crippen molar-refractivity contribution in [2.24, 2.45) is 0 Å². The fourth-order valence-corrected chi connectivity index (χ4v) is 4.94. The van der Waals surface area contributed by atoms with Crippen LogP contribution in [0.1, 0.15) is 23.7 Å². The van der Waals surface area contributed by atoms with Gasteiger partial charge in [-0.3, -0.25) is 9.13 Å². The zero-order chi connectivity index (χ0) is 23.8. The van der Waals surface area contributed by atoms with E-state index in [0.717, 1.165) is 17.5 Å². The molecule has 34 heavy (non-hydrogen) atoms. The van der Waals surface area contributed by atoms with E-state index in [2.05, 4.69) is 10.2 Å². The molecule has 0 radical (unpaired) electrons. The molecule has 5 rings (SSSR count). The minimum Gasteiger partial charge on any atom is -0.495 e. The summed E-state index contributed by atoms with van der Waals surface area (Å²) in [5, 5.41) is 8.15. The molecule has 176 valence electrons. The predicted molar refractivity (Wildman–Crippen MR) is 127 cm³/mol. The van der Waals surface area contributed by atoms with Crippen LogP contribution in [-0.2, 0) is 6.54 Å². The zero-order valence-electron chi connectivity index (χ0n) is 19.4. The lowest BCUT2D eigenvalue weighted by atomic mass is 10.2. The van der Waals surface area contributed by atoms with Gasteiger partial charge in [-0.2, -0.15) is 5.10 Å². The molecule has 1 saturated heterocycles. The number of methoxy groups -OCH3 is 2. The average Bonchev–Trinajstić information content (AvgIpc) is 3.42. The number of nitrogens with zero attached hydrogens (tertiary/aromatic N) is 5. The topological polar surface area (TPSA) is 74.4 Å². The van der Waals surface area contributed by atoms with Crippen molar-refractivity contribution >= 4 is 16.7 Å². The molecule has 0 bridgehead atoms. The highest BCUT2D eigenvalue weighted by Gasteiger charge is 2.31. The van der Waals surface area contributed by atoms with Crippen LogP contribution in [0.3, 0.4) is 0 Å². The van der Waals surface area contributed by atoms with Gasteiger partial charge in [0.2, 0.25) is 0 Å². The van der Waals surface area contributed by atoms with Crippen molar-refractivity contribution in [2.45, 2.75) is 25.9 Å². The minimum atomic E-state index is -0.244. The van der Waals surface area contributed by atoms with E-state index >= 15 is 0 Å². The average molecular weight is 464 g/mol. The van der Waals surface area contributed by atoms with E-state index in [4.69, 9.17) is 9.47 Å². The van der Waals surface area contributed by atoms with Gasteiger partial charge in [0.25, 0.3) is 0 Å². The first-order valence-electron chi connectivity index (χ1n) is 11.2. The van der Waals surface area contributed by atoms with Gasteiger partial charge in [0, 0.05) is 19.2 Å². The van der Waals surface area contributed by atoms with Crippen LogP contribution in [0.15, 0.2) is 53.5 Å². The second-order valence-electron chi connectivity index (χ2n) is 8.41. The Labute approximate surface area is 196 Å². The molecule has 0 aliphatic carbocycles. The smallest absolute Gasteiger partial charge is 0.329 e. The predicted octanol–water partition coefficient (Wildman–Crippen LogP) is 3.56. The van der Waals surface area contributed by atoms with Crippen LogP contribution >= 0.6 is 0 Å². The third kappa shape index (κ3) is 3.57. The van der Waals surface area contributed by atoms with Crippen LogP contribution < -0.4 is 20.1 Å². The van der Waals surface area contributed by atoms with Crippen molar-refractivity contribution < 1.29 is 13.9 Å². The molecular formula is C25H26FN5O3. The maximum Gasteiger partial charge on any atom is 0.329 e. The van der Waals surface area contributed by atoms with Gasteiger partial charge in [-0.05, 0) is 37.1 Å². The van der Waals surface area contributed by atoms with E-state index in [1.54, 1.807) is 41.7 Å². The molecule has 0 saturated carbocycles. The maximum absolute atomic E-state index is 14.6. The van der Waals surface area contributed by atoms with Crippen molar-refractivity contribution in [3.8, 4) is 11.5 Å². The number of imidazole rings is 1. The van der Waals surface area contributed by atoms with E-state index in [1.165, 1.54) is 6.07 Å². The molecule has 0 N–H and O–H groups in total. The van der Waals surface area contributed by atoms with Crippen molar-refractivity contribution in [2.75, 3.05) is 32.2 Å². The van der Waals surface area contributed by atoms with E-state index < -0.39 is 0 Å². The second-order valence-corrected chi connectivity index (χ2v) is 8.41.